The molecule has 0 fully saturated rings. The van der Waals surface area contributed by atoms with E-state index in [1.165, 1.54) is 4.31 Å². The maximum absolute atomic E-state index is 12.1. The van der Waals surface area contributed by atoms with Crippen molar-refractivity contribution in [2.75, 3.05) is 18.6 Å². The molecular formula is C13H19NO4S2. The van der Waals surface area contributed by atoms with Crippen molar-refractivity contribution in [1.82, 2.24) is 4.31 Å². The predicted octanol–water partition coefficient (Wildman–Crippen LogP) is 1.58. The summed E-state index contributed by atoms with van der Waals surface area (Å²) in [5.41, 5.74) is 0.592. The molecule has 0 saturated heterocycles. The van der Waals surface area contributed by atoms with Gasteiger partial charge in [-0.2, -0.15) is 4.31 Å². The summed E-state index contributed by atoms with van der Waals surface area (Å²) in [5.74, 6) is -0.164. The molecule has 0 aliphatic carbocycles. The number of sulfone groups is 1. The SMILES string of the molecule is CCCCN(C1CS(=O)(=O)c2ccccc21)S(C)(=O)=O. The zero-order valence-corrected chi connectivity index (χ0v) is 13.2. The fraction of sp³-hybridized carbons (Fsp3) is 0.538. The number of unbranched alkanes of at least 4 members (excludes halogenated alkanes) is 1. The maximum atomic E-state index is 12.1. The standard InChI is InChI=1S/C13H19NO4S2/c1-3-4-9-14(19(2,15)16)12-10-20(17,18)13-8-6-5-7-11(12)13/h5-8,12H,3-4,9-10H2,1-2H3. The normalized spacial score (nSPS) is 21.1. The van der Waals surface area contributed by atoms with E-state index < -0.39 is 25.9 Å². The van der Waals surface area contributed by atoms with Gasteiger partial charge in [-0.3, -0.25) is 0 Å². The van der Waals surface area contributed by atoms with Crippen molar-refractivity contribution in [3.63, 3.8) is 0 Å². The van der Waals surface area contributed by atoms with E-state index in [1.807, 2.05) is 6.92 Å². The van der Waals surface area contributed by atoms with Crippen molar-refractivity contribution in [1.29, 1.82) is 0 Å². The van der Waals surface area contributed by atoms with Crippen LogP contribution in [-0.4, -0.2) is 39.7 Å². The second kappa shape index (κ2) is 5.46. The topological polar surface area (TPSA) is 71.5 Å². The van der Waals surface area contributed by atoms with Gasteiger partial charge in [0.15, 0.2) is 9.84 Å². The minimum absolute atomic E-state index is 0.164. The van der Waals surface area contributed by atoms with Gasteiger partial charge in [-0.1, -0.05) is 31.5 Å². The summed E-state index contributed by atoms with van der Waals surface area (Å²) in [6.07, 6.45) is 2.70. The molecule has 1 unspecified atom stereocenters. The number of fused-ring (bicyclic) bond motifs is 1. The Balaban J connectivity index is 2.47. The van der Waals surface area contributed by atoms with E-state index in [2.05, 4.69) is 0 Å². The molecule has 1 aromatic carbocycles. The second-order valence-corrected chi connectivity index (χ2v) is 9.00. The van der Waals surface area contributed by atoms with Crippen molar-refractivity contribution in [2.45, 2.75) is 30.7 Å². The number of hydrogen-bond donors (Lipinski definition) is 0. The summed E-state index contributed by atoms with van der Waals surface area (Å²) in [6, 6.07) is 6.06. The first-order valence-corrected chi connectivity index (χ1v) is 10.1. The van der Waals surface area contributed by atoms with Crippen LogP contribution in [0.4, 0.5) is 0 Å². The number of benzene rings is 1. The molecule has 2 rings (SSSR count). The van der Waals surface area contributed by atoms with Gasteiger partial charge in [0.05, 0.1) is 22.9 Å². The molecule has 0 amide bonds. The Kier molecular flexibility index (Phi) is 4.22. The Morgan fingerprint density at radius 2 is 1.95 bits per heavy atom. The average molecular weight is 317 g/mol. The van der Waals surface area contributed by atoms with Gasteiger partial charge in [0, 0.05) is 6.54 Å². The molecule has 112 valence electrons. The Bertz CT molecular complexity index is 695. The molecule has 1 aliphatic rings. The van der Waals surface area contributed by atoms with E-state index >= 15 is 0 Å². The van der Waals surface area contributed by atoms with Crippen LogP contribution in [0.15, 0.2) is 29.2 Å². The minimum atomic E-state index is -3.44. The molecule has 20 heavy (non-hydrogen) atoms. The van der Waals surface area contributed by atoms with E-state index in [1.54, 1.807) is 24.3 Å². The van der Waals surface area contributed by atoms with Crippen molar-refractivity contribution in [3.8, 4) is 0 Å². The second-order valence-electron chi connectivity index (χ2n) is 5.06. The van der Waals surface area contributed by atoms with Gasteiger partial charge in [-0.25, -0.2) is 16.8 Å². The monoisotopic (exact) mass is 317 g/mol. The number of sulfonamides is 1. The average Bonchev–Trinajstić information content (AvgIpc) is 2.61. The van der Waals surface area contributed by atoms with E-state index in [4.69, 9.17) is 0 Å². The molecule has 0 bridgehead atoms. The lowest BCUT2D eigenvalue weighted by Gasteiger charge is -2.26. The van der Waals surface area contributed by atoms with Crippen LogP contribution >= 0.6 is 0 Å². The van der Waals surface area contributed by atoms with E-state index in [0.717, 1.165) is 12.7 Å². The Morgan fingerprint density at radius 3 is 2.55 bits per heavy atom. The van der Waals surface area contributed by atoms with Gasteiger partial charge in [0.1, 0.15) is 0 Å². The molecule has 0 radical (unpaired) electrons. The van der Waals surface area contributed by atoms with Gasteiger partial charge in [0.2, 0.25) is 10.0 Å². The fourth-order valence-electron chi connectivity index (χ4n) is 2.53. The highest BCUT2D eigenvalue weighted by molar-refractivity contribution is 7.92. The zero-order chi connectivity index (χ0) is 15.0. The smallest absolute Gasteiger partial charge is 0.211 e. The summed E-state index contributed by atoms with van der Waals surface area (Å²) in [4.78, 5) is 0.259. The number of rotatable bonds is 5. The van der Waals surface area contributed by atoms with Crippen LogP contribution in [-0.2, 0) is 19.9 Å². The molecule has 1 aromatic rings. The Morgan fingerprint density at radius 1 is 1.30 bits per heavy atom. The van der Waals surface area contributed by atoms with Crippen LogP contribution in [0.1, 0.15) is 31.4 Å². The maximum Gasteiger partial charge on any atom is 0.211 e. The highest BCUT2D eigenvalue weighted by Crippen LogP contribution is 2.38. The van der Waals surface area contributed by atoms with E-state index in [0.29, 0.717) is 18.5 Å². The molecular weight excluding hydrogens is 298 g/mol. The van der Waals surface area contributed by atoms with Crippen LogP contribution in [0, 0.1) is 0 Å². The molecule has 1 atom stereocenters. The summed E-state index contributed by atoms with van der Waals surface area (Å²) in [5, 5.41) is 0. The quantitative estimate of drug-likeness (QED) is 0.826. The highest BCUT2D eigenvalue weighted by Gasteiger charge is 2.40. The van der Waals surface area contributed by atoms with Crippen LogP contribution < -0.4 is 0 Å². The molecule has 0 aromatic heterocycles. The highest BCUT2D eigenvalue weighted by atomic mass is 32.2. The predicted molar refractivity (Wildman–Crippen MR) is 77.7 cm³/mol. The molecule has 1 heterocycles. The molecule has 0 N–H and O–H groups in total. The first kappa shape index (κ1) is 15.5. The largest absolute Gasteiger partial charge is 0.224 e. The summed E-state index contributed by atoms with van der Waals surface area (Å²) in [7, 11) is -6.84. The zero-order valence-electron chi connectivity index (χ0n) is 11.6. The van der Waals surface area contributed by atoms with Crippen LogP contribution in [0.5, 0.6) is 0 Å². The lowest BCUT2D eigenvalue weighted by Crippen LogP contribution is -2.35. The molecule has 0 saturated carbocycles. The third kappa shape index (κ3) is 2.89. The first-order chi connectivity index (χ1) is 9.27. The summed E-state index contributed by atoms with van der Waals surface area (Å²) in [6.45, 7) is 2.32. The van der Waals surface area contributed by atoms with Gasteiger partial charge in [-0.15, -0.1) is 0 Å². The van der Waals surface area contributed by atoms with Gasteiger partial charge in [0.25, 0.3) is 0 Å². The Labute approximate surface area is 120 Å². The lowest BCUT2D eigenvalue weighted by molar-refractivity contribution is 0.343. The van der Waals surface area contributed by atoms with Crippen molar-refractivity contribution < 1.29 is 16.8 Å². The van der Waals surface area contributed by atoms with E-state index in [-0.39, 0.29) is 10.6 Å². The third-order valence-corrected chi connectivity index (χ3v) is 6.58. The van der Waals surface area contributed by atoms with Gasteiger partial charge < -0.3 is 0 Å². The molecule has 1 aliphatic heterocycles. The number of hydrogen-bond acceptors (Lipinski definition) is 4. The van der Waals surface area contributed by atoms with Crippen molar-refractivity contribution in [2.24, 2.45) is 0 Å². The molecule has 7 heteroatoms. The van der Waals surface area contributed by atoms with Crippen molar-refractivity contribution >= 4 is 19.9 Å². The van der Waals surface area contributed by atoms with Crippen LogP contribution in [0.2, 0.25) is 0 Å². The summed E-state index contributed by atoms with van der Waals surface area (Å²) < 4.78 is 49.6. The lowest BCUT2D eigenvalue weighted by atomic mass is 10.1. The Hall–Kier alpha value is -0.920. The van der Waals surface area contributed by atoms with Crippen LogP contribution in [0.25, 0.3) is 0 Å². The fourth-order valence-corrected chi connectivity index (χ4v) is 5.54. The minimum Gasteiger partial charge on any atom is -0.224 e. The first-order valence-electron chi connectivity index (χ1n) is 6.56. The summed E-state index contributed by atoms with van der Waals surface area (Å²) >= 11 is 0. The third-order valence-electron chi connectivity index (χ3n) is 3.50. The molecule has 0 spiro atoms. The number of nitrogens with zero attached hydrogens (tertiary/aromatic N) is 1. The molecule has 5 nitrogen and oxygen atoms in total. The van der Waals surface area contributed by atoms with E-state index in [9.17, 15) is 16.8 Å². The van der Waals surface area contributed by atoms with Gasteiger partial charge in [-0.05, 0) is 18.1 Å². The van der Waals surface area contributed by atoms with Crippen LogP contribution in [0.3, 0.4) is 0 Å². The van der Waals surface area contributed by atoms with Gasteiger partial charge >= 0.3 is 0 Å². The van der Waals surface area contributed by atoms with Crippen molar-refractivity contribution in [3.05, 3.63) is 29.8 Å².